The first-order chi connectivity index (χ1) is 14.9. The minimum Gasteiger partial charge on any atom is -0.445 e. The van der Waals surface area contributed by atoms with E-state index in [1.165, 1.54) is 3.97 Å². The molecule has 4 rings (SSSR count). The fraction of sp³-hybridized carbons (Fsp3) is 0.125. The number of ether oxygens (including phenoxy) is 1. The van der Waals surface area contributed by atoms with Crippen LogP contribution in [0.1, 0.15) is 16.7 Å². The summed E-state index contributed by atoms with van der Waals surface area (Å²) in [6.45, 7) is 2.21. The van der Waals surface area contributed by atoms with Crippen LogP contribution in [0.4, 0.5) is 4.79 Å². The average Bonchev–Trinajstić information content (AvgIpc) is 3.17. The van der Waals surface area contributed by atoms with Gasteiger partial charge in [-0.1, -0.05) is 66.2 Å². The lowest BCUT2D eigenvalue weighted by Gasteiger charge is -2.08. The van der Waals surface area contributed by atoms with Crippen molar-refractivity contribution in [3.8, 4) is 0 Å². The normalized spacial score (nSPS) is 11.4. The zero-order chi connectivity index (χ0) is 21.8. The maximum Gasteiger partial charge on any atom is 0.407 e. The van der Waals surface area contributed by atoms with E-state index in [-0.39, 0.29) is 18.0 Å². The number of benzene rings is 3. The highest BCUT2D eigenvalue weighted by atomic mass is 32.2. The molecule has 0 aliphatic heterocycles. The Morgan fingerprint density at radius 3 is 2.35 bits per heavy atom. The molecule has 0 aliphatic rings. The monoisotopic (exact) mass is 434 g/mol. The maximum atomic E-state index is 13.2. The number of aryl methyl sites for hydroxylation is 1. The quantitative estimate of drug-likeness (QED) is 0.481. The first kappa shape index (κ1) is 20.7. The summed E-state index contributed by atoms with van der Waals surface area (Å²) in [6.07, 6.45) is 0.985. The number of nitrogens with zero attached hydrogens (tertiary/aromatic N) is 1. The van der Waals surface area contributed by atoms with Crippen LogP contribution in [0.25, 0.3) is 10.9 Å². The molecule has 0 fully saturated rings. The predicted octanol–water partition coefficient (Wildman–Crippen LogP) is 4.61. The molecular formula is C24H22N2O4S. The summed E-state index contributed by atoms with van der Waals surface area (Å²) in [5.74, 6) is 0. The van der Waals surface area contributed by atoms with Crippen LogP contribution in [0.15, 0.2) is 90.0 Å². The number of alkyl carbamates (subject to hydrolysis) is 1. The highest BCUT2D eigenvalue weighted by Gasteiger charge is 2.21. The van der Waals surface area contributed by atoms with E-state index in [2.05, 4.69) is 5.32 Å². The van der Waals surface area contributed by atoms with Crippen molar-refractivity contribution in [1.82, 2.24) is 9.29 Å². The van der Waals surface area contributed by atoms with Gasteiger partial charge in [0.05, 0.1) is 10.4 Å². The molecule has 0 unspecified atom stereocenters. The third kappa shape index (κ3) is 4.46. The van der Waals surface area contributed by atoms with Gasteiger partial charge in [-0.25, -0.2) is 17.2 Å². The molecule has 0 saturated carbocycles. The number of rotatable bonds is 6. The zero-order valence-corrected chi connectivity index (χ0v) is 17.8. The number of hydrogen-bond donors (Lipinski definition) is 1. The highest BCUT2D eigenvalue weighted by molar-refractivity contribution is 7.90. The van der Waals surface area contributed by atoms with Gasteiger partial charge in [0.2, 0.25) is 0 Å². The topological polar surface area (TPSA) is 77.4 Å². The fourth-order valence-electron chi connectivity index (χ4n) is 3.32. The predicted molar refractivity (Wildman–Crippen MR) is 119 cm³/mol. The largest absolute Gasteiger partial charge is 0.445 e. The highest BCUT2D eigenvalue weighted by Crippen LogP contribution is 2.26. The van der Waals surface area contributed by atoms with Gasteiger partial charge in [0.1, 0.15) is 6.61 Å². The van der Waals surface area contributed by atoms with Crippen molar-refractivity contribution in [3.63, 3.8) is 0 Å². The lowest BCUT2D eigenvalue weighted by Crippen LogP contribution is -2.23. The van der Waals surface area contributed by atoms with Crippen molar-refractivity contribution >= 4 is 27.0 Å². The summed E-state index contributed by atoms with van der Waals surface area (Å²) in [5, 5.41) is 3.46. The summed E-state index contributed by atoms with van der Waals surface area (Å²) >= 11 is 0. The van der Waals surface area contributed by atoms with Crippen molar-refractivity contribution in [2.45, 2.75) is 25.0 Å². The molecule has 7 heteroatoms. The molecule has 0 saturated heterocycles. The van der Waals surface area contributed by atoms with E-state index in [4.69, 9.17) is 4.74 Å². The summed E-state index contributed by atoms with van der Waals surface area (Å²) in [5.41, 5.74) is 3.11. The second-order valence-corrected chi connectivity index (χ2v) is 9.02. The number of nitrogens with one attached hydrogen (secondary N) is 1. The Balaban J connectivity index is 1.55. The van der Waals surface area contributed by atoms with Crippen molar-refractivity contribution in [2.24, 2.45) is 0 Å². The number of carbonyl (C=O) groups excluding carboxylic acids is 1. The van der Waals surface area contributed by atoms with Crippen molar-refractivity contribution < 1.29 is 17.9 Å². The van der Waals surface area contributed by atoms with Gasteiger partial charge in [0, 0.05) is 18.1 Å². The number of hydrogen-bond acceptors (Lipinski definition) is 4. The van der Waals surface area contributed by atoms with E-state index in [0.717, 1.165) is 16.5 Å². The maximum absolute atomic E-state index is 13.2. The SMILES string of the molecule is Cc1ccc(S(=O)(=O)n2cc(CNC(=O)OCc3ccccc3)c3ccccc32)cc1. The van der Waals surface area contributed by atoms with Gasteiger partial charge >= 0.3 is 6.09 Å². The van der Waals surface area contributed by atoms with Crippen LogP contribution < -0.4 is 5.32 Å². The summed E-state index contributed by atoms with van der Waals surface area (Å²) in [4.78, 5) is 12.3. The van der Waals surface area contributed by atoms with Crippen molar-refractivity contribution in [3.05, 3.63) is 102 Å². The van der Waals surface area contributed by atoms with Crippen LogP contribution >= 0.6 is 0 Å². The minimum atomic E-state index is -3.77. The molecule has 31 heavy (non-hydrogen) atoms. The van der Waals surface area contributed by atoms with Crippen LogP contribution in [-0.2, 0) is 27.9 Å². The molecule has 0 atom stereocenters. The molecule has 4 aromatic rings. The second kappa shape index (κ2) is 8.65. The van der Waals surface area contributed by atoms with E-state index in [0.29, 0.717) is 11.1 Å². The average molecular weight is 435 g/mol. The van der Waals surface area contributed by atoms with Crippen LogP contribution in [0.5, 0.6) is 0 Å². The van der Waals surface area contributed by atoms with Gasteiger partial charge in [-0.05, 0) is 36.2 Å². The molecule has 0 spiro atoms. The molecule has 1 amide bonds. The molecule has 0 bridgehead atoms. The Bertz CT molecular complexity index is 1310. The van der Waals surface area contributed by atoms with Crippen LogP contribution in [0.3, 0.4) is 0 Å². The van der Waals surface area contributed by atoms with E-state index < -0.39 is 16.1 Å². The Morgan fingerprint density at radius 1 is 0.935 bits per heavy atom. The van der Waals surface area contributed by atoms with E-state index in [9.17, 15) is 13.2 Å². The number of amides is 1. The van der Waals surface area contributed by atoms with Crippen LogP contribution in [-0.4, -0.2) is 18.5 Å². The smallest absolute Gasteiger partial charge is 0.407 e. The van der Waals surface area contributed by atoms with Gasteiger partial charge in [-0.2, -0.15) is 0 Å². The van der Waals surface area contributed by atoms with Crippen molar-refractivity contribution in [2.75, 3.05) is 0 Å². The van der Waals surface area contributed by atoms with Gasteiger partial charge < -0.3 is 10.1 Å². The molecule has 1 heterocycles. The van der Waals surface area contributed by atoms with E-state index in [1.54, 1.807) is 42.6 Å². The minimum absolute atomic E-state index is 0.143. The van der Waals surface area contributed by atoms with E-state index >= 15 is 0 Å². The number of carbonyl (C=O) groups is 1. The third-order valence-electron chi connectivity index (χ3n) is 4.97. The first-order valence-corrected chi connectivity index (χ1v) is 11.2. The number of fused-ring (bicyclic) bond motifs is 1. The Morgan fingerprint density at radius 2 is 1.61 bits per heavy atom. The lowest BCUT2D eigenvalue weighted by atomic mass is 10.2. The molecule has 0 radical (unpaired) electrons. The van der Waals surface area contributed by atoms with E-state index in [1.807, 2.05) is 49.4 Å². The van der Waals surface area contributed by atoms with Crippen LogP contribution in [0.2, 0.25) is 0 Å². The molecule has 1 N–H and O–H groups in total. The lowest BCUT2D eigenvalue weighted by molar-refractivity contribution is 0.139. The Labute approximate surface area is 181 Å². The van der Waals surface area contributed by atoms with Crippen LogP contribution in [0, 0.1) is 6.92 Å². The fourth-order valence-corrected chi connectivity index (χ4v) is 4.71. The summed E-state index contributed by atoms with van der Waals surface area (Å²) in [6, 6.07) is 23.3. The molecule has 6 nitrogen and oxygen atoms in total. The summed E-state index contributed by atoms with van der Waals surface area (Å²) in [7, 11) is -3.77. The van der Waals surface area contributed by atoms with Gasteiger partial charge in [0.15, 0.2) is 0 Å². The Kier molecular flexibility index (Phi) is 5.77. The van der Waals surface area contributed by atoms with Crippen molar-refractivity contribution in [1.29, 1.82) is 0 Å². The number of para-hydroxylation sites is 1. The number of aromatic nitrogens is 1. The molecule has 1 aromatic heterocycles. The van der Waals surface area contributed by atoms with Gasteiger partial charge in [-0.3, -0.25) is 0 Å². The summed E-state index contributed by atoms with van der Waals surface area (Å²) < 4.78 is 32.9. The zero-order valence-electron chi connectivity index (χ0n) is 17.0. The molecule has 158 valence electrons. The van der Waals surface area contributed by atoms with Gasteiger partial charge in [-0.15, -0.1) is 0 Å². The Hall–Kier alpha value is -3.58. The molecule has 0 aliphatic carbocycles. The molecular weight excluding hydrogens is 412 g/mol. The third-order valence-corrected chi connectivity index (χ3v) is 6.66. The molecule has 3 aromatic carbocycles. The second-order valence-electron chi connectivity index (χ2n) is 7.20. The van der Waals surface area contributed by atoms with Gasteiger partial charge in [0.25, 0.3) is 10.0 Å². The first-order valence-electron chi connectivity index (χ1n) is 9.81. The standard InChI is InChI=1S/C24H22N2O4S/c1-18-11-13-21(14-12-18)31(28,29)26-16-20(22-9-5-6-10-23(22)26)15-25-24(27)30-17-19-7-3-2-4-8-19/h2-14,16H,15,17H2,1H3,(H,25,27).